The van der Waals surface area contributed by atoms with Crippen molar-refractivity contribution < 1.29 is 9.52 Å². The van der Waals surface area contributed by atoms with Crippen molar-refractivity contribution in [2.45, 2.75) is 0 Å². The van der Waals surface area contributed by atoms with Crippen molar-refractivity contribution in [3.63, 3.8) is 0 Å². The zero-order valence-corrected chi connectivity index (χ0v) is 12.7. The van der Waals surface area contributed by atoms with Crippen LogP contribution < -0.4 is 5.43 Å². The van der Waals surface area contributed by atoms with E-state index in [9.17, 15) is 9.90 Å². The zero-order chi connectivity index (χ0) is 16.0. The minimum atomic E-state index is -0.489. The second-order valence-electron chi connectivity index (χ2n) is 5.28. The number of rotatable bonds is 1. The molecule has 0 atom stereocenters. The predicted molar refractivity (Wildman–Crippen MR) is 92.1 cm³/mol. The van der Waals surface area contributed by atoms with Crippen LogP contribution in [0.4, 0.5) is 0 Å². The fourth-order valence-corrected chi connectivity index (χ4v) is 2.94. The number of benzene rings is 3. The molecule has 0 spiro atoms. The van der Waals surface area contributed by atoms with E-state index in [-0.39, 0.29) is 11.1 Å². The van der Waals surface area contributed by atoms with Gasteiger partial charge in [-0.1, -0.05) is 54.1 Å². The normalized spacial score (nSPS) is 11.2. The lowest BCUT2D eigenvalue weighted by Crippen LogP contribution is -2.02. The molecule has 0 amide bonds. The molecule has 3 aromatic carbocycles. The van der Waals surface area contributed by atoms with Gasteiger partial charge in [0, 0.05) is 10.6 Å². The summed E-state index contributed by atoms with van der Waals surface area (Å²) in [6, 6.07) is 18.2. The zero-order valence-electron chi connectivity index (χ0n) is 11.9. The third-order valence-electron chi connectivity index (χ3n) is 3.86. The monoisotopic (exact) mass is 322 g/mol. The fraction of sp³-hybridized carbons (Fsp3) is 0. The van der Waals surface area contributed by atoms with Gasteiger partial charge in [-0.2, -0.15) is 0 Å². The van der Waals surface area contributed by atoms with Crippen LogP contribution in [0.2, 0.25) is 5.02 Å². The van der Waals surface area contributed by atoms with Gasteiger partial charge >= 0.3 is 0 Å². The van der Waals surface area contributed by atoms with Crippen molar-refractivity contribution in [2.75, 3.05) is 0 Å². The molecule has 0 saturated heterocycles. The number of fused-ring (bicyclic) bond motifs is 2. The quantitative estimate of drug-likeness (QED) is 0.538. The van der Waals surface area contributed by atoms with Crippen molar-refractivity contribution >= 4 is 33.3 Å². The Hall–Kier alpha value is -2.78. The van der Waals surface area contributed by atoms with Crippen molar-refractivity contribution in [1.29, 1.82) is 0 Å². The van der Waals surface area contributed by atoms with E-state index in [1.807, 2.05) is 42.5 Å². The van der Waals surface area contributed by atoms with Gasteiger partial charge in [0.1, 0.15) is 5.58 Å². The summed E-state index contributed by atoms with van der Waals surface area (Å²) in [5, 5.41) is 12.9. The highest BCUT2D eigenvalue weighted by Gasteiger charge is 2.17. The largest absolute Gasteiger partial charge is 0.502 e. The van der Waals surface area contributed by atoms with E-state index in [0.717, 1.165) is 10.8 Å². The molecule has 0 bridgehead atoms. The summed E-state index contributed by atoms with van der Waals surface area (Å²) in [6.07, 6.45) is 0. The molecule has 0 aliphatic rings. The van der Waals surface area contributed by atoms with Crippen LogP contribution in [0.25, 0.3) is 33.1 Å². The molecule has 0 unspecified atom stereocenters. The average Bonchev–Trinajstić information content (AvgIpc) is 2.58. The maximum atomic E-state index is 12.4. The summed E-state index contributed by atoms with van der Waals surface area (Å²) in [5.41, 5.74) is 0.575. The van der Waals surface area contributed by atoms with Gasteiger partial charge in [-0.15, -0.1) is 0 Å². The molecular weight excluding hydrogens is 312 g/mol. The third kappa shape index (κ3) is 2.17. The smallest absolute Gasteiger partial charge is 0.235 e. The molecule has 1 N–H and O–H groups in total. The minimum absolute atomic E-state index is 0.168. The highest BCUT2D eigenvalue weighted by atomic mass is 35.5. The Balaban J connectivity index is 2.11. The van der Waals surface area contributed by atoms with Crippen LogP contribution >= 0.6 is 11.6 Å². The van der Waals surface area contributed by atoms with E-state index in [2.05, 4.69) is 0 Å². The van der Waals surface area contributed by atoms with Crippen LogP contribution in [-0.2, 0) is 0 Å². The SMILES string of the molecule is O=c1c(O)c(-c2cccc3ccccc23)oc2ccc(Cl)cc12. The number of hydrogen-bond acceptors (Lipinski definition) is 3. The summed E-state index contributed by atoms with van der Waals surface area (Å²) in [7, 11) is 0. The second-order valence-corrected chi connectivity index (χ2v) is 5.71. The molecule has 0 fully saturated rings. The molecular formula is C19H11ClO3. The Labute approximate surface area is 136 Å². The summed E-state index contributed by atoms with van der Waals surface area (Å²) in [5.74, 6) is -0.238. The van der Waals surface area contributed by atoms with Gasteiger partial charge in [0.05, 0.1) is 5.39 Å². The second kappa shape index (κ2) is 5.14. The molecule has 1 aromatic heterocycles. The van der Waals surface area contributed by atoms with E-state index < -0.39 is 11.2 Å². The lowest BCUT2D eigenvalue weighted by Gasteiger charge is -2.09. The predicted octanol–water partition coefficient (Wildman–Crippen LogP) is 4.97. The van der Waals surface area contributed by atoms with Crippen molar-refractivity contribution in [1.82, 2.24) is 0 Å². The van der Waals surface area contributed by atoms with Gasteiger partial charge in [0.2, 0.25) is 11.2 Å². The first kappa shape index (κ1) is 13.9. The van der Waals surface area contributed by atoms with Gasteiger partial charge in [-0.05, 0) is 29.0 Å². The number of halogens is 1. The van der Waals surface area contributed by atoms with E-state index in [1.54, 1.807) is 12.1 Å². The van der Waals surface area contributed by atoms with Crippen molar-refractivity contribution in [3.8, 4) is 17.1 Å². The lowest BCUT2D eigenvalue weighted by molar-refractivity contribution is 0.449. The summed E-state index contributed by atoms with van der Waals surface area (Å²) < 4.78 is 5.81. The Morgan fingerprint density at radius 1 is 0.913 bits per heavy atom. The van der Waals surface area contributed by atoms with Crippen LogP contribution in [0, 0.1) is 0 Å². The van der Waals surface area contributed by atoms with Gasteiger partial charge in [-0.25, -0.2) is 0 Å². The fourth-order valence-electron chi connectivity index (χ4n) is 2.76. The van der Waals surface area contributed by atoms with E-state index in [4.69, 9.17) is 16.0 Å². The van der Waals surface area contributed by atoms with Crippen LogP contribution in [0.3, 0.4) is 0 Å². The topological polar surface area (TPSA) is 50.4 Å². The average molecular weight is 323 g/mol. The van der Waals surface area contributed by atoms with Crippen LogP contribution in [0.15, 0.2) is 69.9 Å². The molecule has 0 aliphatic carbocycles. The van der Waals surface area contributed by atoms with Crippen LogP contribution in [0.5, 0.6) is 5.75 Å². The maximum Gasteiger partial charge on any atom is 0.235 e. The van der Waals surface area contributed by atoms with E-state index in [0.29, 0.717) is 16.2 Å². The molecule has 23 heavy (non-hydrogen) atoms. The van der Waals surface area contributed by atoms with Crippen LogP contribution in [-0.4, -0.2) is 5.11 Å². The highest BCUT2D eigenvalue weighted by molar-refractivity contribution is 6.31. The van der Waals surface area contributed by atoms with Gasteiger partial charge in [-0.3, -0.25) is 4.79 Å². The Kier molecular flexibility index (Phi) is 3.10. The summed E-state index contributed by atoms with van der Waals surface area (Å²) in [4.78, 5) is 12.4. The molecule has 3 nitrogen and oxygen atoms in total. The van der Waals surface area contributed by atoms with Gasteiger partial charge in [0.25, 0.3) is 0 Å². The number of hydrogen-bond donors (Lipinski definition) is 1. The first-order valence-corrected chi connectivity index (χ1v) is 7.46. The highest BCUT2D eigenvalue weighted by Crippen LogP contribution is 2.35. The minimum Gasteiger partial charge on any atom is -0.502 e. The van der Waals surface area contributed by atoms with Gasteiger partial charge in [0.15, 0.2) is 5.76 Å². The standard InChI is InChI=1S/C19H11ClO3/c20-12-8-9-16-15(10-12)17(21)18(22)19(23-16)14-7-3-5-11-4-1-2-6-13(11)14/h1-10,22H. The maximum absolute atomic E-state index is 12.4. The van der Waals surface area contributed by atoms with E-state index >= 15 is 0 Å². The Morgan fingerprint density at radius 3 is 2.57 bits per heavy atom. The molecule has 0 aliphatic heterocycles. The summed E-state index contributed by atoms with van der Waals surface area (Å²) in [6.45, 7) is 0. The first-order valence-electron chi connectivity index (χ1n) is 7.08. The number of aromatic hydroxyl groups is 1. The molecule has 0 radical (unpaired) electrons. The molecule has 1 heterocycles. The molecule has 4 aromatic rings. The third-order valence-corrected chi connectivity index (χ3v) is 4.10. The molecule has 4 heteroatoms. The first-order chi connectivity index (χ1) is 11.1. The van der Waals surface area contributed by atoms with Crippen molar-refractivity contribution in [2.24, 2.45) is 0 Å². The Bertz CT molecular complexity index is 1110. The Morgan fingerprint density at radius 2 is 1.70 bits per heavy atom. The lowest BCUT2D eigenvalue weighted by atomic mass is 10.0. The summed E-state index contributed by atoms with van der Waals surface area (Å²) >= 11 is 5.92. The van der Waals surface area contributed by atoms with Crippen molar-refractivity contribution in [3.05, 3.63) is 75.9 Å². The van der Waals surface area contributed by atoms with E-state index in [1.165, 1.54) is 6.07 Å². The van der Waals surface area contributed by atoms with Gasteiger partial charge < -0.3 is 9.52 Å². The molecule has 112 valence electrons. The molecule has 4 rings (SSSR count). The molecule has 0 saturated carbocycles. The van der Waals surface area contributed by atoms with Crippen LogP contribution in [0.1, 0.15) is 0 Å².